The van der Waals surface area contributed by atoms with E-state index in [1.807, 2.05) is 0 Å². The fraction of sp³-hybridized carbons (Fsp3) is 0.250. The van der Waals surface area contributed by atoms with E-state index in [2.05, 4.69) is 59.2 Å². The van der Waals surface area contributed by atoms with Crippen LogP contribution in [-0.4, -0.2) is 0 Å². The van der Waals surface area contributed by atoms with E-state index in [1.165, 1.54) is 22.3 Å². The van der Waals surface area contributed by atoms with Crippen LogP contribution in [-0.2, 0) is 13.1 Å². The summed E-state index contributed by atoms with van der Waals surface area (Å²) in [6.07, 6.45) is 0. The Bertz CT molecular complexity index is 538. The van der Waals surface area contributed by atoms with Gasteiger partial charge in [-0.2, -0.15) is 0 Å². The molecule has 0 aliphatic carbocycles. The third-order valence-corrected chi connectivity index (χ3v) is 4.14. The number of fused-ring (bicyclic) bond motifs is 2. The van der Waals surface area contributed by atoms with Gasteiger partial charge >= 0.3 is 0 Å². The van der Waals surface area contributed by atoms with Crippen LogP contribution in [0.3, 0.4) is 0 Å². The van der Waals surface area contributed by atoms with Gasteiger partial charge < -0.3 is 10.6 Å². The molecule has 90 valence electrons. The molecule has 2 aromatic carbocycles. The topological polar surface area (TPSA) is 24.1 Å². The van der Waals surface area contributed by atoms with Crippen LogP contribution in [0.1, 0.15) is 34.3 Å². The first-order valence-corrected chi connectivity index (χ1v) is 6.56. The third-order valence-electron chi connectivity index (χ3n) is 4.14. The summed E-state index contributed by atoms with van der Waals surface area (Å²) in [5, 5.41) is 7.28. The predicted octanol–water partition coefficient (Wildman–Crippen LogP) is 2.68. The van der Waals surface area contributed by atoms with Crippen LogP contribution >= 0.6 is 0 Å². The number of hydrogen-bond donors (Lipinski definition) is 2. The number of rotatable bonds is 1. The van der Waals surface area contributed by atoms with Crippen molar-refractivity contribution >= 4 is 0 Å². The maximum Gasteiger partial charge on any atom is 0.0524 e. The van der Waals surface area contributed by atoms with Gasteiger partial charge in [-0.05, 0) is 22.3 Å². The smallest absolute Gasteiger partial charge is 0.0524 e. The van der Waals surface area contributed by atoms with Crippen molar-refractivity contribution in [1.29, 1.82) is 0 Å². The van der Waals surface area contributed by atoms with Crippen LogP contribution in [0.4, 0.5) is 0 Å². The Kier molecular flexibility index (Phi) is 2.25. The average molecular weight is 236 g/mol. The largest absolute Gasteiger partial charge is 0.304 e. The zero-order chi connectivity index (χ0) is 11.9. The van der Waals surface area contributed by atoms with Crippen molar-refractivity contribution < 1.29 is 0 Å². The van der Waals surface area contributed by atoms with Gasteiger partial charge in [0, 0.05) is 13.1 Å². The van der Waals surface area contributed by atoms with Crippen LogP contribution in [0.25, 0.3) is 0 Å². The van der Waals surface area contributed by atoms with E-state index in [4.69, 9.17) is 0 Å². The van der Waals surface area contributed by atoms with Gasteiger partial charge in [0.2, 0.25) is 0 Å². The van der Waals surface area contributed by atoms with Crippen molar-refractivity contribution in [3.05, 3.63) is 70.8 Å². The molecule has 0 bridgehead atoms. The molecule has 2 heterocycles. The molecule has 0 saturated carbocycles. The summed E-state index contributed by atoms with van der Waals surface area (Å²) in [6, 6.07) is 18.3. The minimum Gasteiger partial charge on any atom is -0.304 e. The lowest BCUT2D eigenvalue weighted by atomic mass is 9.94. The standard InChI is InChI=1S/C16H16N2/c1-3-7-13-11(5-1)9-17-15(13)16-14-8-4-2-6-12(14)10-18-16/h1-8,15-18H,9-10H2/t15-,16-/m1/s1. The van der Waals surface area contributed by atoms with E-state index >= 15 is 0 Å². The first kappa shape index (κ1) is 10.3. The van der Waals surface area contributed by atoms with Gasteiger partial charge in [0.05, 0.1) is 12.1 Å². The summed E-state index contributed by atoms with van der Waals surface area (Å²) < 4.78 is 0. The molecule has 18 heavy (non-hydrogen) atoms. The SMILES string of the molecule is c1ccc2c(c1)CN[C@H]2[C@@H]1NCc2ccccc21. The summed E-state index contributed by atoms with van der Waals surface area (Å²) in [5.74, 6) is 0. The van der Waals surface area contributed by atoms with Crippen LogP contribution < -0.4 is 10.6 Å². The van der Waals surface area contributed by atoms with Crippen molar-refractivity contribution in [2.45, 2.75) is 25.2 Å². The van der Waals surface area contributed by atoms with E-state index in [1.54, 1.807) is 0 Å². The molecule has 0 fully saturated rings. The monoisotopic (exact) mass is 236 g/mol. The summed E-state index contributed by atoms with van der Waals surface area (Å²) in [4.78, 5) is 0. The Morgan fingerprint density at radius 2 is 1.11 bits per heavy atom. The molecule has 2 aliphatic rings. The van der Waals surface area contributed by atoms with Gasteiger partial charge in [-0.15, -0.1) is 0 Å². The first-order chi connectivity index (χ1) is 8.93. The molecule has 0 saturated heterocycles. The molecular formula is C16H16N2. The zero-order valence-electron chi connectivity index (χ0n) is 10.2. The molecule has 0 radical (unpaired) electrons. The van der Waals surface area contributed by atoms with Crippen molar-refractivity contribution in [1.82, 2.24) is 10.6 Å². The van der Waals surface area contributed by atoms with Crippen molar-refractivity contribution in [3.8, 4) is 0 Å². The van der Waals surface area contributed by atoms with E-state index in [9.17, 15) is 0 Å². The van der Waals surface area contributed by atoms with E-state index < -0.39 is 0 Å². The number of benzene rings is 2. The molecule has 4 rings (SSSR count). The highest BCUT2D eigenvalue weighted by molar-refractivity contribution is 5.41. The Morgan fingerprint density at radius 3 is 1.61 bits per heavy atom. The van der Waals surface area contributed by atoms with Gasteiger partial charge in [0.25, 0.3) is 0 Å². The first-order valence-electron chi connectivity index (χ1n) is 6.56. The van der Waals surface area contributed by atoms with Crippen LogP contribution in [0.2, 0.25) is 0 Å². The normalized spacial score (nSPS) is 24.9. The van der Waals surface area contributed by atoms with E-state index in [0.717, 1.165) is 13.1 Å². The lowest BCUT2D eigenvalue weighted by molar-refractivity contribution is 0.430. The number of nitrogens with one attached hydrogen (secondary N) is 2. The van der Waals surface area contributed by atoms with E-state index in [0.29, 0.717) is 12.1 Å². The van der Waals surface area contributed by atoms with Gasteiger partial charge in [0.15, 0.2) is 0 Å². The molecule has 2 heteroatoms. The minimum atomic E-state index is 0.407. The molecule has 2 atom stereocenters. The van der Waals surface area contributed by atoms with Gasteiger partial charge in [0.1, 0.15) is 0 Å². The lowest BCUT2D eigenvalue weighted by Crippen LogP contribution is -2.26. The summed E-state index contributed by atoms with van der Waals surface area (Å²) in [5.41, 5.74) is 5.78. The molecule has 2 N–H and O–H groups in total. The van der Waals surface area contributed by atoms with E-state index in [-0.39, 0.29) is 0 Å². The second-order valence-electron chi connectivity index (χ2n) is 5.11. The Morgan fingerprint density at radius 1 is 0.667 bits per heavy atom. The van der Waals surface area contributed by atoms with Crippen LogP contribution in [0.5, 0.6) is 0 Å². The summed E-state index contributed by atoms with van der Waals surface area (Å²) >= 11 is 0. The fourth-order valence-electron chi connectivity index (χ4n) is 3.25. The minimum absolute atomic E-state index is 0.407. The highest BCUT2D eigenvalue weighted by atomic mass is 15.1. The van der Waals surface area contributed by atoms with Crippen molar-refractivity contribution in [2.24, 2.45) is 0 Å². The lowest BCUT2D eigenvalue weighted by Gasteiger charge is -2.21. The highest BCUT2D eigenvalue weighted by Crippen LogP contribution is 2.39. The highest BCUT2D eigenvalue weighted by Gasteiger charge is 2.33. The Balaban J connectivity index is 1.75. The molecular weight excluding hydrogens is 220 g/mol. The summed E-state index contributed by atoms with van der Waals surface area (Å²) in [7, 11) is 0. The molecule has 0 amide bonds. The molecule has 0 spiro atoms. The molecule has 2 nitrogen and oxygen atoms in total. The molecule has 0 aromatic heterocycles. The maximum absolute atomic E-state index is 3.64. The Hall–Kier alpha value is -1.64. The van der Waals surface area contributed by atoms with Crippen molar-refractivity contribution in [2.75, 3.05) is 0 Å². The molecule has 2 aromatic rings. The molecule has 2 aliphatic heterocycles. The Labute approximate surface area is 107 Å². The second-order valence-corrected chi connectivity index (χ2v) is 5.11. The summed E-state index contributed by atoms with van der Waals surface area (Å²) in [6.45, 7) is 1.97. The van der Waals surface area contributed by atoms with Gasteiger partial charge in [-0.25, -0.2) is 0 Å². The molecule has 0 unspecified atom stereocenters. The maximum atomic E-state index is 3.64. The number of hydrogen-bond acceptors (Lipinski definition) is 2. The van der Waals surface area contributed by atoms with Crippen LogP contribution in [0.15, 0.2) is 48.5 Å². The quantitative estimate of drug-likeness (QED) is 0.795. The fourth-order valence-corrected chi connectivity index (χ4v) is 3.25. The zero-order valence-corrected chi connectivity index (χ0v) is 10.2. The van der Waals surface area contributed by atoms with Crippen LogP contribution in [0, 0.1) is 0 Å². The van der Waals surface area contributed by atoms with Crippen molar-refractivity contribution in [3.63, 3.8) is 0 Å². The average Bonchev–Trinajstić information content (AvgIpc) is 3.01. The van der Waals surface area contributed by atoms with Gasteiger partial charge in [-0.1, -0.05) is 48.5 Å². The third kappa shape index (κ3) is 1.43. The van der Waals surface area contributed by atoms with Gasteiger partial charge in [-0.3, -0.25) is 0 Å². The second kappa shape index (κ2) is 3.94. The predicted molar refractivity (Wildman–Crippen MR) is 72.0 cm³/mol.